The summed E-state index contributed by atoms with van der Waals surface area (Å²) in [5, 5.41) is 10.2. The van der Waals surface area contributed by atoms with Gasteiger partial charge in [0.25, 0.3) is 5.54 Å². The van der Waals surface area contributed by atoms with E-state index in [1.807, 2.05) is 0 Å². The topological polar surface area (TPSA) is 77.3 Å². The number of rotatable bonds is 5. The third kappa shape index (κ3) is 2.45. The van der Waals surface area contributed by atoms with Gasteiger partial charge in [0.2, 0.25) is 0 Å². The van der Waals surface area contributed by atoms with E-state index in [0.29, 0.717) is 6.29 Å². The third-order valence-electron chi connectivity index (χ3n) is 1.44. The highest BCUT2D eigenvalue weighted by atomic mass is 16.6. The molecule has 1 unspecified atom stereocenters. The lowest BCUT2D eigenvalue weighted by Crippen LogP contribution is -2.36. The molecule has 5 heteroatoms. The molecule has 0 saturated heterocycles. The summed E-state index contributed by atoms with van der Waals surface area (Å²) in [4.78, 5) is 29.6. The first-order valence-corrected chi connectivity index (χ1v) is 3.11. The highest BCUT2D eigenvalue weighted by Gasteiger charge is 2.35. The minimum atomic E-state index is -1.60. The molecule has 0 amide bonds. The van der Waals surface area contributed by atoms with E-state index in [1.165, 1.54) is 6.92 Å². The molecular weight excluding hydrogens is 150 g/mol. The summed E-state index contributed by atoms with van der Waals surface area (Å²) in [5.41, 5.74) is -1.60. The van der Waals surface area contributed by atoms with Crippen molar-refractivity contribution >= 4 is 12.6 Å². The summed E-state index contributed by atoms with van der Waals surface area (Å²) >= 11 is 0. The Morgan fingerprint density at radius 1 is 1.55 bits per heavy atom. The lowest BCUT2D eigenvalue weighted by Gasteiger charge is -2.11. The van der Waals surface area contributed by atoms with Gasteiger partial charge in [-0.3, -0.25) is 14.9 Å². The Labute approximate surface area is 63.5 Å². The second-order valence-corrected chi connectivity index (χ2v) is 2.44. The zero-order chi connectivity index (χ0) is 8.91. The zero-order valence-electron chi connectivity index (χ0n) is 6.15. The molecule has 0 aromatic rings. The SMILES string of the molecule is CC(C=O)(CCC=O)[N+](=O)[O-]. The van der Waals surface area contributed by atoms with E-state index >= 15 is 0 Å². The minimum Gasteiger partial charge on any atom is -0.303 e. The largest absolute Gasteiger partial charge is 0.303 e. The van der Waals surface area contributed by atoms with Crippen molar-refractivity contribution in [2.75, 3.05) is 0 Å². The molecule has 0 fully saturated rings. The van der Waals surface area contributed by atoms with Crippen molar-refractivity contribution in [2.24, 2.45) is 0 Å². The van der Waals surface area contributed by atoms with Crippen LogP contribution in [0, 0.1) is 10.1 Å². The molecule has 0 heterocycles. The Hall–Kier alpha value is -1.26. The molecule has 11 heavy (non-hydrogen) atoms. The molecule has 0 aliphatic carbocycles. The van der Waals surface area contributed by atoms with Crippen LogP contribution in [0.15, 0.2) is 0 Å². The fourth-order valence-corrected chi connectivity index (χ4v) is 0.544. The van der Waals surface area contributed by atoms with Crippen molar-refractivity contribution < 1.29 is 14.5 Å². The summed E-state index contributed by atoms with van der Waals surface area (Å²) in [6.45, 7) is 1.20. The molecule has 0 aromatic carbocycles. The molecule has 0 aliphatic heterocycles. The Bertz CT molecular complexity index is 179. The highest BCUT2D eigenvalue weighted by Crippen LogP contribution is 2.12. The highest BCUT2D eigenvalue weighted by molar-refractivity contribution is 5.62. The second kappa shape index (κ2) is 3.80. The number of carbonyl (C=O) groups excluding carboxylic acids is 2. The van der Waals surface area contributed by atoms with Crippen LogP contribution in [0.1, 0.15) is 19.8 Å². The maximum absolute atomic E-state index is 10.2. The molecule has 62 valence electrons. The summed E-state index contributed by atoms with van der Waals surface area (Å²) in [5.74, 6) is 0. The first kappa shape index (κ1) is 9.74. The summed E-state index contributed by atoms with van der Waals surface area (Å²) in [6.07, 6.45) is 0.824. The van der Waals surface area contributed by atoms with Crippen LogP contribution in [-0.2, 0) is 9.59 Å². The monoisotopic (exact) mass is 159 g/mol. The van der Waals surface area contributed by atoms with Crippen LogP contribution >= 0.6 is 0 Å². The maximum Gasteiger partial charge on any atom is 0.273 e. The van der Waals surface area contributed by atoms with E-state index in [0.717, 1.165) is 0 Å². The average molecular weight is 159 g/mol. The zero-order valence-corrected chi connectivity index (χ0v) is 6.15. The molecule has 0 spiro atoms. The van der Waals surface area contributed by atoms with Crippen LogP contribution in [0.4, 0.5) is 0 Å². The van der Waals surface area contributed by atoms with Gasteiger partial charge in [0.15, 0.2) is 6.29 Å². The van der Waals surface area contributed by atoms with Gasteiger partial charge in [-0.25, -0.2) is 0 Å². The van der Waals surface area contributed by atoms with Crippen molar-refractivity contribution in [3.05, 3.63) is 10.1 Å². The Kier molecular flexibility index (Phi) is 3.36. The molecule has 1 atom stereocenters. The van der Waals surface area contributed by atoms with Gasteiger partial charge >= 0.3 is 0 Å². The normalized spacial score (nSPS) is 15.0. The number of hydrogen-bond acceptors (Lipinski definition) is 4. The number of carbonyl (C=O) groups is 2. The average Bonchev–Trinajstić information content (AvgIpc) is 2.00. The van der Waals surface area contributed by atoms with E-state index < -0.39 is 10.5 Å². The summed E-state index contributed by atoms with van der Waals surface area (Å²) < 4.78 is 0. The molecule has 0 radical (unpaired) electrons. The van der Waals surface area contributed by atoms with Crippen molar-refractivity contribution in [2.45, 2.75) is 25.3 Å². The van der Waals surface area contributed by atoms with Crippen molar-refractivity contribution in [1.29, 1.82) is 0 Å². The van der Waals surface area contributed by atoms with E-state index in [2.05, 4.69) is 0 Å². The second-order valence-electron chi connectivity index (χ2n) is 2.44. The standard InChI is InChI=1S/C6H9NO4/c1-6(5-9,7(10)11)3-2-4-8/h4-5H,2-3H2,1H3. The predicted octanol–water partition coefficient (Wildman–Crippen LogP) is 0.200. The van der Waals surface area contributed by atoms with Crippen LogP contribution in [0.3, 0.4) is 0 Å². The van der Waals surface area contributed by atoms with E-state index in [1.54, 1.807) is 0 Å². The fraction of sp³-hybridized carbons (Fsp3) is 0.667. The minimum absolute atomic E-state index is 0.0347. The number of aldehydes is 2. The lowest BCUT2D eigenvalue weighted by atomic mass is 9.99. The molecule has 0 aromatic heterocycles. The number of nitro groups is 1. The summed E-state index contributed by atoms with van der Waals surface area (Å²) in [6, 6.07) is 0. The quantitative estimate of drug-likeness (QED) is 0.326. The van der Waals surface area contributed by atoms with Crippen molar-refractivity contribution in [3.63, 3.8) is 0 Å². The first-order chi connectivity index (χ1) is 5.06. The molecule has 0 aliphatic rings. The predicted molar refractivity (Wildman–Crippen MR) is 36.8 cm³/mol. The first-order valence-electron chi connectivity index (χ1n) is 3.11. The van der Waals surface area contributed by atoms with Crippen LogP contribution in [-0.4, -0.2) is 23.0 Å². The third-order valence-corrected chi connectivity index (χ3v) is 1.44. The molecular formula is C6H9NO4. The van der Waals surface area contributed by atoms with E-state index in [9.17, 15) is 19.7 Å². The molecule has 5 nitrogen and oxygen atoms in total. The molecule has 0 rings (SSSR count). The number of hydrogen-bond donors (Lipinski definition) is 0. The lowest BCUT2D eigenvalue weighted by molar-refractivity contribution is -0.546. The van der Waals surface area contributed by atoms with E-state index in [4.69, 9.17) is 0 Å². The molecule has 0 N–H and O–H groups in total. The smallest absolute Gasteiger partial charge is 0.273 e. The molecule has 0 saturated carbocycles. The van der Waals surface area contributed by atoms with Crippen molar-refractivity contribution in [3.8, 4) is 0 Å². The van der Waals surface area contributed by atoms with Gasteiger partial charge in [-0.1, -0.05) is 0 Å². The van der Waals surface area contributed by atoms with Gasteiger partial charge in [0.05, 0.1) is 0 Å². The van der Waals surface area contributed by atoms with Crippen LogP contribution in [0.2, 0.25) is 0 Å². The fourth-order valence-electron chi connectivity index (χ4n) is 0.544. The van der Waals surface area contributed by atoms with Crippen LogP contribution in [0.25, 0.3) is 0 Å². The maximum atomic E-state index is 10.2. The van der Waals surface area contributed by atoms with Crippen LogP contribution < -0.4 is 0 Å². The number of nitrogens with zero attached hydrogens (tertiary/aromatic N) is 1. The summed E-state index contributed by atoms with van der Waals surface area (Å²) in [7, 11) is 0. The van der Waals surface area contributed by atoms with Crippen LogP contribution in [0.5, 0.6) is 0 Å². The van der Waals surface area contributed by atoms with Gasteiger partial charge in [0.1, 0.15) is 6.29 Å². The Morgan fingerprint density at radius 2 is 2.09 bits per heavy atom. The van der Waals surface area contributed by atoms with E-state index in [-0.39, 0.29) is 19.1 Å². The molecule has 0 bridgehead atoms. The Morgan fingerprint density at radius 3 is 2.36 bits per heavy atom. The Balaban J connectivity index is 4.21. The van der Waals surface area contributed by atoms with Crippen molar-refractivity contribution in [1.82, 2.24) is 0 Å². The van der Waals surface area contributed by atoms with Gasteiger partial charge < -0.3 is 4.79 Å². The van der Waals surface area contributed by atoms with Gasteiger partial charge in [0, 0.05) is 24.7 Å². The van der Waals surface area contributed by atoms with Gasteiger partial charge in [-0.2, -0.15) is 0 Å². The van der Waals surface area contributed by atoms with Gasteiger partial charge in [-0.05, 0) is 0 Å². The van der Waals surface area contributed by atoms with Gasteiger partial charge in [-0.15, -0.1) is 0 Å².